The van der Waals surface area contributed by atoms with E-state index in [9.17, 15) is 22.4 Å². The molecule has 2 N–H and O–H groups in total. The van der Waals surface area contributed by atoms with E-state index in [2.05, 4.69) is 10.0 Å². The number of nitrogens with zero attached hydrogens (tertiary/aromatic N) is 1. The van der Waals surface area contributed by atoms with E-state index >= 15 is 0 Å². The molecule has 0 radical (unpaired) electrons. The number of likely N-dealkylation sites (tertiary alicyclic amines) is 1. The van der Waals surface area contributed by atoms with Crippen LogP contribution in [0, 0.1) is 11.7 Å². The minimum atomic E-state index is -3.89. The van der Waals surface area contributed by atoms with Crippen LogP contribution in [-0.2, 0) is 26.0 Å². The van der Waals surface area contributed by atoms with Gasteiger partial charge in [-0.2, -0.15) is 4.72 Å². The van der Waals surface area contributed by atoms with E-state index in [1.165, 1.54) is 50.2 Å². The predicted molar refractivity (Wildman–Crippen MR) is 120 cm³/mol. The molecule has 0 unspecified atom stereocenters. The summed E-state index contributed by atoms with van der Waals surface area (Å²) in [4.78, 5) is 25.6. The zero-order valence-corrected chi connectivity index (χ0v) is 19.0. The van der Waals surface area contributed by atoms with Crippen LogP contribution in [0.15, 0.2) is 53.4 Å². The molecule has 0 spiro atoms. The highest BCUT2D eigenvalue weighted by Crippen LogP contribution is 2.23. The van der Waals surface area contributed by atoms with Crippen LogP contribution in [0.5, 0.6) is 0 Å². The predicted octanol–water partition coefficient (Wildman–Crippen LogP) is 2.93. The van der Waals surface area contributed by atoms with Crippen molar-refractivity contribution in [2.24, 2.45) is 5.92 Å². The summed E-state index contributed by atoms with van der Waals surface area (Å²) < 4.78 is 41.1. The van der Waals surface area contributed by atoms with Crippen LogP contribution in [0.3, 0.4) is 0 Å². The lowest BCUT2D eigenvalue weighted by atomic mass is 9.90. The van der Waals surface area contributed by atoms with Gasteiger partial charge in [-0.1, -0.05) is 12.1 Å². The molecule has 7 nitrogen and oxygen atoms in total. The van der Waals surface area contributed by atoms with Crippen LogP contribution in [0.2, 0.25) is 0 Å². The van der Waals surface area contributed by atoms with Gasteiger partial charge in [0.15, 0.2) is 0 Å². The molecule has 1 fully saturated rings. The minimum absolute atomic E-state index is 0.0139. The van der Waals surface area contributed by atoms with Gasteiger partial charge in [0.1, 0.15) is 5.82 Å². The number of sulfonamides is 1. The highest BCUT2D eigenvalue weighted by atomic mass is 32.2. The van der Waals surface area contributed by atoms with Crippen LogP contribution >= 0.6 is 0 Å². The van der Waals surface area contributed by atoms with Crippen molar-refractivity contribution in [1.82, 2.24) is 9.62 Å². The number of halogens is 1. The van der Waals surface area contributed by atoms with Gasteiger partial charge >= 0.3 is 0 Å². The Bertz CT molecular complexity index is 1060. The Morgan fingerprint density at radius 1 is 1.12 bits per heavy atom. The SMILES string of the molecule is CC(=O)Nc1ccc(S(=O)(=O)N[C@@H](C)C(=O)N2CCC(Cc3cccc(F)c3)CC2)cc1. The second kappa shape index (κ2) is 10.2. The van der Waals surface area contributed by atoms with E-state index in [-0.39, 0.29) is 22.5 Å². The molecule has 1 aliphatic heterocycles. The molecule has 172 valence electrons. The van der Waals surface area contributed by atoms with Crippen molar-refractivity contribution in [1.29, 1.82) is 0 Å². The third-order valence-electron chi connectivity index (χ3n) is 5.53. The topological polar surface area (TPSA) is 95.6 Å². The second-order valence-electron chi connectivity index (χ2n) is 8.15. The van der Waals surface area contributed by atoms with Crippen LogP contribution in [0.4, 0.5) is 10.1 Å². The molecule has 0 saturated carbocycles. The number of benzene rings is 2. The van der Waals surface area contributed by atoms with E-state index < -0.39 is 16.1 Å². The first-order valence-corrected chi connectivity index (χ1v) is 12.1. The molecule has 32 heavy (non-hydrogen) atoms. The molecule has 1 heterocycles. The maximum Gasteiger partial charge on any atom is 0.241 e. The number of anilines is 1. The zero-order valence-electron chi connectivity index (χ0n) is 18.2. The molecule has 9 heteroatoms. The van der Waals surface area contributed by atoms with Gasteiger partial charge in [0.05, 0.1) is 10.9 Å². The highest BCUT2D eigenvalue weighted by molar-refractivity contribution is 7.89. The molecular formula is C23H28FN3O4S. The smallest absolute Gasteiger partial charge is 0.241 e. The summed E-state index contributed by atoms with van der Waals surface area (Å²) in [5, 5.41) is 2.57. The molecule has 0 aromatic heterocycles. The molecular weight excluding hydrogens is 433 g/mol. The van der Waals surface area contributed by atoms with Crippen molar-refractivity contribution in [3.8, 4) is 0 Å². The Morgan fingerprint density at radius 2 is 1.78 bits per heavy atom. The molecule has 2 amide bonds. The number of hydrogen-bond donors (Lipinski definition) is 2. The monoisotopic (exact) mass is 461 g/mol. The third kappa shape index (κ3) is 6.37. The van der Waals surface area contributed by atoms with Crippen LogP contribution in [0.25, 0.3) is 0 Å². The fourth-order valence-electron chi connectivity index (χ4n) is 3.90. The first kappa shape index (κ1) is 23.9. The summed E-state index contributed by atoms with van der Waals surface area (Å²) in [7, 11) is -3.89. The zero-order chi connectivity index (χ0) is 23.3. The molecule has 1 aliphatic rings. The third-order valence-corrected chi connectivity index (χ3v) is 7.08. The van der Waals surface area contributed by atoms with Crippen molar-refractivity contribution in [2.45, 2.75) is 44.0 Å². The highest BCUT2D eigenvalue weighted by Gasteiger charge is 2.29. The van der Waals surface area contributed by atoms with Gasteiger partial charge in [-0.3, -0.25) is 9.59 Å². The van der Waals surface area contributed by atoms with E-state index in [0.29, 0.717) is 24.7 Å². The average Bonchev–Trinajstić information content (AvgIpc) is 2.73. The van der Waals surface area contributed by atoms with Crippen molar-refractivity contribution in [3.63, 3.8) is 0 Å². The minimum Gasteiger partial charge on any atom is -0.341 e. The second-order valence-corrected chi connectivity index (χ2v) is 9.87. The van der Waals surface area contributed by atoms with Crippen molar-refractivity contribution in [2.75, 3.05) is 18.4 Å². The fourth-order valence-corrected chi connectivity index (χ4v) is 5.10. The number of carbonyl (C=O) groups excluding carboxylic acids is 2. The molecule has 2 aromatic carbocycles. The van der Waals surface area contributed by atoms with Gasteiger partial charge in [0.2, 0.25) is 21.8 Å². The average molecular weight is 462 g/mol. The summed E-state index contributed by atoms with van der Waals surface area (Å²) in [6.45, 7) is 3.97. The molecule has 1 saturated heterocycles. The Kier molecular flexibility index (Phi) is 7.63. The maximum atomic E-state index is 13.4. The van der Waals surface area contributed by atoms with Crippen molar-refractivity contribution < 1.29 is 22.4 Å². The summed E-state index contributed by atoms with van der Waals surface area (Å²) >= 11 is 0. The first-order valence-electron chi connectivity index (χ1n) is 10.6. The van der Waals surface area contributed by atoms with E-state index in [0.717, 1.165) is 24.8 Å². The van der Waals surface area contributed by atoms with Gasteiger partial charge in [-0.15, -0.1) is 0 Å². The number of amides is 2. The molecule has 1 atom stereocenters. The first-order chi connectivity index (χ1) is 15.1. The lowest BCUT2D eigenvalue weighted by Crippen LogP contribution is -2.49. The molecule has 0 bridgehead atoms. The summed E-state index contributed by atoms with van der Waals surface area (Å²) in [5.41, 5.74) is 1.43. The van der Waals surface area contributed by atoms with Gasteiger partial charge in [-0.25, -0.2) is 12.8 Å². The number of nitrogens with one attached hydrogen (secondary N) is 2. The maximum absolute atomic E-state index is 13.4. The van der Waals surface area contributed by atoms with E-state index in [4.69, 9.17) is 0 Å². The van der Waals surface area contributed by atoms with Crippen molar-refractivity contribution >= 4 is 27.5 Å². The van der Waals surface area contributed by atoms with Gasteiger partial charge in [0, 0.05) is 25.7 Å². The number of carbonyl (C=O) groups is 2. The van der Waals surface area contributed by atoms with Gasteiger partial charge in [-0.05, 0) is 74.1 Å². The van der Waals surface area contributed by atoms with Crippen molar-refractivity contribution in [3.05, 3.63) is 59.9 Å². The van der Waals surface area contributed by atoms with Gasteiger partial charge in [0.25, 0.3) is 0 Å². The van der Waals surface area contributed by atoms with E-state index in [1.54, 1.807) is 11.0 Å². The van der Waals surface area contributed by atoms with Crippen LogP contribution in [-0.4, -0.2) is 44.3 Å². The fraction of sp³-hybridized carbons (Fsp3) is 0.391. The Labute approximate surface area is 188 Å². The molecule has 2 aromatic rings. The number of rotatable bonds is 7. The normalized spacial score (nSPS) is 15.9. The summed E-state index contributed by atoms with van der Waals surface area (Å²) in [6.07, 6.45) is 2.33. The van der Waals surface area contributed by atoms with Crippen LogP contribution < -0.4 is 10.0 Å². The standard InChI is InChI=1S/C23H28FN3O4S/c1-16(26-32(30,31)22-8-6-21(7-9-22)25-17(2)28)23(29)27-12-10-18(11-13-27)14-19-4-3-5-20(24)15-19/h3-9,15-16,18,26H,10-14H2,1-2H3,(H,25,28)/t16-/m0/s1. The lowest BCUT2D eigenvalue weighted by Gasteiger charge is -2.33. The molecule has 3 rings (SSSR count). The Hall–Kier alpha value is -2.78. The van der Waals surface area contributed by atoms with Crippen LogP contribution in [0.1, 0.15) is 32.3 Å². The largest absolute Gasteiger partial charge is 0.341 e. The van der Waals surface area contributed by atoms with E-state index in [1.807, 2.05) is 6.07 Å². The summed E-state index contributed by atoms with van der Waals surface area (Å²) in [5.74, 6) is -0.416. The Morgan fingerprint density at radius 3 is 2.38 bits per heavy atom. The molecule has 0 aliphatic carbocycles. The number of hydrogen-bond acceptors (Lipinski definition) is 4. The quantitative estimate of drug-likeness (QED) is 0.663. The Balaban J connectivity index is 1.53. The lowest BCUT2D eigenvalue weighted by molar-refractivity contribution is -0.134. The van der Waals surface area contributed by atoms with Gasteiger partial charge < -0.3 is 10.2 Å². The number of piperidine rings is 1. The summed E-state index contributed by atoms with van der Waals surface area (Å²) in [6, 6.07) is 11.4.